The van der Waals surface area contributed by atoms with Gasteiger partial charge in [-0.25, -0.2) is 0 Å². The summed E-state index contributed by atoms with van der Waals surface area (Å²) in [5.74, 6) is 0. The third-order valence-electron chi connectivity index (χ3n) is 1.91. The molecular formula is C10H14ClSi. The van der Waals surface area contributed by atoms with Crippen molar-refractivity contribution in [3.05, 3.63) is 29.8 Å². The molecule has 0 heterocycles. The van der Waals surface area contributed by atoms with Gasteiger partial charge in [0.05, 0.1) is 0 Å². The molecule has 0 aliphatic heterocycles. The van der Waals surface area contributed by atoms with E-state index in [1.54, 1.807) is 0 Å². The molecule has 0 bridgehead atoms. The standard InChI is InChI=1S/C10H14ClSi/c1-8(2)12(11)10-7-5-4-6-9(10)3/h4-8H,1-3H3. The van der Waals surface area contributed by atoms with Gasteiger partial charge in [-0.2, -0.15) is 11.1 Å². The lowest BCUT2D eigenvalue weighted by Gasteiger charge is -2.12. The maximum atomic E-state index is 6.35. The van der Waals surface area contributed by atoms with E-state index in [4.69, 9.17) is 11.1 Å². The number of benzene rings is 1. The summed E-state index contributed by atoms with van der Waals surface area (Å²) >= 11 is 6.35. The molecule has 0 aliphatic carbocycles. The first-order valence-corrected chi connectivity index (χ1v) is 6.80. The molecule has 0 saturated heterocycles. The van der Waals surface area contributed by atoms with Crippen LogP contribution < -0.4 is 5.19 Å². The van der Waals surface area contributed by atoms with Crippen molar-refractivity contribution in [3.8, 4) is 0 Å². The molecule has 0 atom stereocenters. The predicted molar refractivity (Wildman–Crippen MR) is 57.5 cm³/mol. The van der Waals surface area contributed by atoms with Crippen LogP contribution in [0.4, 0.5) is 0 Å². The summed E-state index contributed by atoms with van der Waals surface area (Å²) in [5.41, 5.74) is 1.92. The third-order valence-corrected chi connectivity index (χ3v) is 5.92. The Balaban J connectivity index is 2.94. The molecular weight excluding hydrogens is 184 g/mol. The molecule has 0 amide bonds. The number of aryl methyl sites for hydroxylation is 1. The van der Waals surface area contributed by atoms with Crippen molar-refractivity contribution < 1.29 is 0 Å². The van der Waals surface area contributed by atoms with Crippen LogP contribution in [0, 0.1) is 6.92 Å². The lowest BCUT2D eigenvalue weighted by Crippen LogP contribution is -2.29. The molecule has 65 valence electrons. The molecule has 1 radical (unpaired) electrons. The second-order valence-electron chi connectivity index (χ2n) is 3.32. The van der Waals surface area contributed by atoms with Crippen molar-refractivity contribution in [2.24, 2.45) is 0 Å². The van der Waals surface area contributed by atoms with E-state index in [-0.39, 0.29) is 0 Å². The first-order valence-electron chi connectivity index (χ1n) is 4.21. The average Bonchev–Trinajstić information content (AvgIpc) is 2.04. The number of hydrogen-bond acceptors (Lipinski definition) is 0. The minimum absolute atomic E-state index is 0.595. The van der Waals surface area contributed by atoms with Gasteiger partial charge in [-0.15, -0.1) is 0 Å². The third kappa shape index (κ3) is 2.11. The fourth-order valence-electron chi connectivity index (χ4n) is 1.15. The van der Waals surface area contributed by atoms with E-state index in [1.165, 1.54) is 10.8 Å². The molecule has 1 aromatic carbocycles. The zero-order chi connectivity index (χ0) is 9.14. The molecule has 1 rings (SSSR count). The van der Waals surface area contributed by atoms with Crippen LogP contribution in [0.15, 0.2) is 24.3 Å². The van der Waals surface area contributed by atoms with Gasteiger partial charge in [0.1, 0.15) is 0 Å². The van der Waals surface area contributed by atoms with E-state index in [9.17, 15) is 0 Å². The Morgan fingerprint density at radius 3 is 2.33 bits per heavy atom. The molecule has 0 spiro atoms. The van der Waals surface area contributed by atoms with Crippen molar-refractivity contribution in [1.82, 2.24) is 0 Å². The molecule has 0 nitrogen and oxygen atoms in total. The van der Waals surface area contributed by atoms with Crippen molar-refractivity contribution in [1.29, 1.82) is 0 Å². The average molecular weight is 198 g/mol. The Labute approximate surface area is 80.9 Å². The lowest BCUT2D eigenvalue weighted by molar-refractivity contribution is 1.06. The Morgan fingerprint density at radius 2 is 1.83 bits per heavy atom. The second kappa shape index (κ2) is 4.10. The van der Waals surface area contributed by atoms with Gasteiger partial charge in [0, 0.05) is 0 Å². The highest BCUT2D eigenvalue weighted by molar-refractivity contribution is 7.15. The number of halogens is 1. The smallest absolute Gasteiger partial charge is 0.162 e. The van der Waals surface area contributed by atoms with Crippen LogP contribution in [-0.2, 0) is 0 Å². The van der Waals surface area contributed by atoms with Crippen LogP contribution in [0.1, 0.15) is 19.4 Å². The maximum Gasteiger partial charge on any atom is 0.202 e. The van der Waals surface area contributed by atoms with Crippen LogP contribution in [0.5, 0.6) is 0 Å². The SMILES string of the molecule is Cc1ccccc1[Si](Cl)C(C)C. The molecule has 0 unspecified atom stereocenters. The molecule has 0 saturated carbocycles. The summed E-state index contributed by atoms with van der Waals surface area (Å²) in [6.45, 7) is 6.51. The summed E-state index contributed by atoms with van der Waals surface area (Å²) in [5, 5.41) is 1.36. The monoisotopic (exact) mass is 197 g/mol. The molecule has 0 aliphatic rings. The number of hydrogen-bond donors (Lipinski definition) is 0. The Bertz CT molecular complexity index is 258. The van der Waals surface area contributed by atoms with Gasteiger partial charge in [0.15, 0.2) is 0 Å². The lowest BCUT2D eigenvalue weighted by atomic mass is 10.2. The van der Waals surface area contributed by atoms with Crippen LogP contribution in [0.3, 0.4) is 0 Å². The molecule has 2 heteroatoms. The van der Waals surface area contributed by atoms with Crippen molar-refractivity contribution >= 4 is 24.4 Å². The summed E-state index contributed by atoms with van der Waals surface area (Å²) in [7, 11) is -0.842. The Morgan fingerprint density at radius 1 is 1.25 bits per heavy atom. The van der Waals surface area contributed by atoms with Crippen LogP contribution in [-0.4, -0.2) is 8.11 Å². The summed E-state index contributed by atoms with van der Waals surface area (Å²) in [4.78, 5) is 0. The highest BCUT2D eigenvalue weighted by atomic mass is 35.6. The van der Waals surface area contributed by atoms with Crippen LogP contribution >= 0.6 is 11.1 Å². The minimum atomic E-state index is -0.842. The maximum absolute atomic E-state index is 6.35. The van der Waals surface area contributed by atoms with Gasteiger partial charge in [0.25, 0.3) is 0 Å². The van der Waals surface area contributed by atoms with E-state index in [1.807, 2.05) is 0 Å². The summed E-state index contributed by atoms with van der Waals surface area (Å²) in [6.07, 6.45) is 0. The van der Waals surface area contributed by atoms with Crippen molar-refractivity contribution in [3.63, 3.8) is 0 Å². The Hall–Kier alpha value is -0.273. The largest absolute Gasteiger partial charge is 0.202 e. The van der Waals surface area contributed by atoms with E-state index < -0.39 is 8.11 Å². The molecule has 0 fully saturated rings. The van der Waals surface area contributed by atoms with Crippen LogP contribution in [0.2, 0.25) is 5.54 Å². The molecule has 0 N–H and O–H groups in total. The second-order valence-corrected chi connectivity index (χ2v) is 6.93. The van der Waals surface area contributed by atoms with Gasteiger partial charge in [-0.1, -0.05) is 43.7 Å². The highest BCUT2D eigenvalue weighted by Gasteiger charge is 2.16. The first kappa shape index (κ1) is 9.81. The van der Waals surface area contributed by atoms with Gasteiger partial charge in [0.2, 0.25) is 8.11 Å². The minimum Gasteiger partial charge on any atom is -0.162 e. The zero-order valence-corrected chi connectivity index (χ0v) is 9.52. The van der Waals surface area contributed by atoms with Crippen LogP contribution in [0.25, 0.3) is 0 Å². The van der Waals surface area contributed by atoms with E-state index in [0.717, 1.165) is 0 Å². The zero-order valence-electron chi connectivity index (χ0n) is 7.76. The number of rotatable bonds is 2. The quantitative estimate of drug-likeness (QED) is 0.506. The summed E-state index contributed by atoms with van der Waals surface area (Å²) in [6, 6.07) is 8.41. The molecule has 12 heavy (non-hydrogen) atoms. The van der Waals surface area contributed by atoms with E-state index in [2.05, 4.69) is 45.0 Å². The topological polar surface area (TPSA) is 0 Å². The normalized spacial score (nSPS) is 11.2. The van der Waals surface area contributed by atoms with Gasteiger partial charge >= 0.3 is 0 Å². The van der Waals surface area contributed by atoms with Crippen molar-refractivity contribution in [2.45, 2.75) is 26.3 Å². The highest BCUT2D eigenvalue weighted by Crippen LogP contribution is 2.12. The molecule has 1 aromatic rings. The summed E-state index contributed by atoms with van der Waals surface area (Å²) < 4.78 is 0. The van der Waals surface area contributed by atoms with Gasteiger partial charge < -0.3 is 0 Å². The molecule has 0 aromatic heterocycles. The fourth-order valence-corrected chi connectivity index (χ4v) is 3.13. The fraction of sp³-hybridized carbons (Fsp3) is 0.400. The van der Waals surface area contributed by atoms with Crippen molar-refractivity contribution in [2.75, 3.05) is 0 Å². The van der Waals surface area contributed by atoms with E-state index in [0.29, 0.717) is 5.54 Å². The first-order chi connectivity index (χ1) is 5.63. The predicted octanol–water partition coefficient (Wildman–Crippen LogP) is 2.84. The Kier molecular flexibility index (Phi) is 3.36. The van der Waals surface area contributed by atoms with E-state index >= 15 is 0 Å². The van der Waals surface area contributed by atoms with Gasteiger partial charge in [-0.3, -0.25) is 0 Å². The van der Waals surface area contributed by atoms with Gasteiger partial charge in [-0.05, 0) is 17.7 Å².